The number of hydrogen-bond donors (Lipinski definition) is 3. The molecule has 0 saturated carbocycles. The number of ether oxygens (including phenoxy) is 5. The van der Waals surface area contributed by atoms with Gasteiger partial charge in [-0.2, -0.15) is 0 Å². The minimum absolute atomic E-state index is 0.0602. The van der Waals surface area contributed by atoms with Crippen LogP contribution in [0.2, 0.25) is 0 Å². The maximum Gasteiger partial charge on any atom is 0.335 e. The topological polar surface area (TPSA) is 175 Å². The lowest BCUT2D eigenvalue weighted by atomic mass is 9.98. The molecule has 0 radical (unpaired) electrons. The van der Waals surface area contributed by atoms with Crippen molar-refractivity contribution in [2.45, 2.75) is 302 Å². The summed E-state index contributed by atoms with van der Waals surface area (Å²) in [7, 11) is 0. The number of hydrogen-bond acceptors (Lipinski definition) is 11. The summed E-state index contributed by atoms with van der Waals surface area (Å²) in [5, 5.41) is 31.4. The molecule has 0 aromatic carbocycles. The monoisotopic (exact) mass is 1060 g/mol. The molecular weight excluding hydrogens is 949 g/mol. The largest absolute Gasteiger partial charge is 0.479 e. The predicted octanol–water partition coefficient (Wildman–Crippen LogP) is 15.6. The van der Waals surface area contributed by atoms with E-state index >= 15 is 0 Å². The van der Waals surface area contributed by atoms with Crippen molar-refractivity contribution < 1.29 is 58.2 Å². The van der Waals surface area contributed by atoms with E-state index in [0.717, 1.165) is 128 Å². The summed E-state index contributed by atoms with van der Waals surface area (Å²) >= 11 is 0. The van der Waals surface area contributed by atoms with Crippen molar-refractivity contribution in [2.75, 3.05) is 13.2 Å². The molecule has 1 heterocycles. The molecule has 0 aliphatic carbocycles. The van der Waals surface area contributed by atoms with E-state index in [0.29, 0.717) is 19.3 Å². The standard InChI is InChI=1S/C63H108O12/c1-4-7-10-13-16-19-22-24-26-27-28-29-31-32-35-37-40-43-46-49-55(64)71-52-54(73-56(65)50-47-44-41-39-36-33-30-25-23-20-17-14-11-8-5-2)53-72-63-61(59(68)58(67)60(75-63)62(69)70)74-57(66)51-48-45-42-38-34-21-18-15-12-9-6-3/h7,10,16,19,24-26,28-30,54,58-61,63,67-68H,4-6,8-9,11-15,17-18,20-23,27,31-53H2,1-3H3,(H,69,70)/b10-7-,19-16-,26-24-,29-28-,30-25-. The number of aliphatic hydroxyl groups excluding tert-OH is 2. The summed E-state index contributed by atoms with van der Waals surface area (Å²) in [6.07, 6.45) is 50.5. The molecule has 75 heavy (non-hydrogen) atoms. The van der Waals surface area contributed by atoms with Crippen LogP contribution in [0.1, 0.15) is 265 Å². The molecule has 12 heteroatoms. The Bertz CT molecular complexity index is 1540. The predicted molar refractivity (Wildman–Crippen MR) is 303 cm³/mol. The highest BCUT2D eigenvalue weighted by atomic mass is 16.7. The van der Waals surface area contributed by atoms with Crippen molar-refractivity contribution in [3.05, 3.63) is 60.8 Å². The number of esters is 3. The molecule has 0 spiro atoms. The first-order valence-corrected chi connectivity index (χ1v) is 30.3. The maximum absolute atomic E-state index is 13.1. The van der Waals surface area contributed by atoms with Crippen LogP contribution in [0.4, 0.5) is 0 Å². The number of carbonyl (C=O) groups excluding carboxylic acids is 3. The van der Waals surface area contributed by atoms with Gasteiger partial charge < -0.3 is 39.0 Å². The van der Waals surface area contributed by atoms with E-state index in [1.165, 1.54) is 77.0 Å². The second kappa shape index (κ2) is 51.2. The zero-order valence-electron chi connectivity index (χ0n) is 47.5. The molecule has 6 atom stereocenters. The van der Waals surface area contributed by atoms with Crippen LogP contribution in [0.3, 0.4) is 0 Å². The molecule has 1 aliphatic rings. The summed E-state index contributed by atoms with van der Waals surface area (Å²) in [6.45, 7) is 5.85. The quantitative estimate of drug-likeness (QED) is 0.0228. The van der Waals surface area contributed by atoms with Gasteiger partial charge in [0.15, 0.2) is 24.6 Å². The lowest BCUT2D eigenvalue weighted by molar-refractivity contribution is -0.301. The highest BCUT2D eigenvalue weighted by Crippen LogP contribution is 2.26. The molecule has 0 aromatic heterocycles. The van der Waals surface area contributed by atoms with Crippen molar-refractivity contribution in [1.82, 2.24) is 0 Å². The summed E-state index contributed by atoms with van der Waals surface area (Å²) in [4.78, 5) is 51.1. The van der Waals surface area contributed by atoms with Gasteiger partial charge in [0.1, 0.15) is 18.8 Å². The van der Waals surface area contributed by atoms with Crippen LogP contribution in [0, 0.1) is 0 Å². The van der Waals surface area contributed by atoms with Crippen LogP contribution >= 0.6 is 0 Å². The van der Waals surface area contributed by atoms with Gasteiger partial charge in [0, 0.05) is 19.3 Å². The van der Waals surface area contributed by atoms with Gasteiger partial charge in [-0.05, 0) is 83.5 Å². The molecule has 432 valence electrons. The van der Waals surface area contributed by atoms with Crippen molar-refractivity contribution in [3.63, 3.8) is 0 Å². The number of carboxylic acids is 1. The Morgan fingerprint density at radius 3 is 1.29 bits per heavy atom. The highest BCUT2D eigenvalue weighted by molar-refractivity contribution is 5.74. The summed E-state index contributed by atoms with van der Waals surface area (Å²) in [5.74, 6) is -3.13. The number of carboxylic acid groups (broad SMARTS) is 1. The maximum atomic E-state index is 13.1. The van der Waals surface area contributed by atoms with E-state index in [9.17, 15) is 34.5 Å². The van der Waals surface area contributed by atoms with Crippen LogP contribution in [0.15, 0.2) is 60.8 Å². The van der Waals surface area contributed by atoms with Gasteiger partial charge in [-0.3, -0.25) is 14.4 Å². The van der Waals surface area contributed by atoms with E-state index in [2.05, 4.69) is 81.5 Å². The third-order valence-electron chi connectivity index (χ3n) is 13.6. The van der Waals surface area contributed by atoms with Gasteiger partial charge in [0.25, 0.3) is 0 Å². The van der Waals surface area contributed by atoms with Crippen LogP contribution in [-0.4, -0.2) is 89.2 Å². The van der Waals surface area contributed by atoms with Gasteiger partial charge in [-0.25, -0.2) is 4.79 Å². The smallest absolute Gasteiger partial charge is 0.335 e. The van der Waals surface area contributed by atoms with Gasteiger partial charge in [0.2, 0.25) is 0 Å². The first kappa shape index (κ1) is 69.4. The highest BCUT2D eigenvalue weighted by Gasteiger charge is 2.50. The Hall–Kier alpha value is -3.58. The normalized spacial score (nSPS) is 18.5. The average molecular weight is 1060 g/mol. The summed E-state index contributed by atoms with van der Waals surface area (Å²) < 4.78 is 28.4. The second-order valence-electron chi connectivity index (χ2n) is 20.6. The minimum atomic E-state index is -1.90. The fourth-order valence-corrected chi connectivity index (χ4v) is 8.94. The number of rotatable bonds is 51. The molecule has 1 fully saturated rings. The fraction of sp³-hybridized carbons (Fsp3) is 0.778. The van der Waals surface area contributed by atoms with Crippen LogP contribution in [-0.2, 0) is 42.9 Å². The molecule has 0 amide bonds. The number of aliphatic hydroxyl groups is 2. The molecule has 3 N–H and O–H groups in total. The lowest BCUT2D eigenvalue weighted by Gasteiger charge is -2.40. The second-order valence-corrected chi connectivity index (χ2v) is 20.6. The number of aliphatic carboxylic acids is 1. The van der Waals surface area contributed by atoms with E-state index < -0.39 is 67.3 Å². The lowest BCUT2D eigenvalue weighted by Crippen LogP contribution is -2.61. The van der Waals surface area contributed by atoms with E-state index in [1.807, 2.05) is 0 Å². The average Bonchev–Trinajstić information content (AvgIpc) is 3.39. The zero-order chi connectivity index (χ0) is 54.7. The Morgan fingerprint density at radius 2 is 0.840 bits per heavy atom. The number of carbonyl (C=O) groups is 4. The SMILES string of the molecule is CC/C=C\C/C=C\C/C=C\C/C=C\CCCCCCCCC(=O)OCC(COC1OC(C(=O)O)C(O)C(O)C1OC(=O)CCCCCCCCCCCCC)OC(=O)CCCCCCC/C=C\CCCCCCCC. The van der Waals surface area contributed by atoms with Gasteiger partial charge in [-0.15, -0.1) is 0 Å². The minimum Gasteiger partial charge on any atom is -0.479 e. The van der Waals surface area contributed by atoms with Crippen LogP contribution in [0.25, 0.3) is 0 Å². The van der Waals surface area contributed by atoms with Crippen molar-refractivity contribution >= 4 is 23.9 Å². The molecule has 1 aliphatic heterocycles. The molecule has 1 saturated heterocycles. The van der Waals surface area contributed by atoms with Crippen molar-refractivity contribution in [2.24, 2.45) is 0 Å². The number of unbranched alkanes of at least 4 members (excludes halogenated alkanes) is 27. The van der Waals surface area contributed by atoms with E-state index in [-0.39, 0.29) is 25.9 Å². The van der Waals surface area contributed by atoms with Gasteiger partial charge >= 0.3 is 23.9 Å². The molecule has 0 bridgehead atoms. The Balaban J connectivity index is 2.68. The van der Waals surface area contributed by atoms with Crippen LogP contribution < -0.4 is 0 Å². The third-order valence-corrected chi connectivity index (χ3v) is 13.6. The zero-order valence-corrected chi connectivity index (χ0v) is 47.5. The Kier molecular flexibility index (Phi) is 47.4. The first-order chi connectivity index (χ1) is 36.6. The molecular formula is C63H108O12. The first-order valence-electron chi connectivity index (χ1n) is 30.3. The van der Waals surface area contributed by atoms with E-state index in [4.69, 9.17) is 23.7 Å². The summed E-state index contributed by atoms with van der Waals surface area (Å²) in [6, 6.07) is 0. The Labute approximate surface area is 456 Å². The molecule has 6 unspecified atom stereocenters. The summed E-state index contributed by atoms with van der Waals surface area (Å²) in [5.41, 5.74) is 0. The van der Waals surface area contributed by atoms with Gasteiger partial charge in [0.05, 0.1) is 6.61 Å². The molecule has 1 rings (SSSR count). The molecule has 12 nitrogen and oxygen atoms in total. The van der Waals surface area contributed by atoms with Crippen LogP contribution in [0.5, 0.6) is 0 Å². The number of allylic oxidation sites excluding steroid dienone is 10. The van der Waals surface area contributed by atoms with E-state index in [1.54, 1.807) is 0 Å². The Morgan fingerprint density at radius 1 is 0.453 bits per heavy atom. The third kappa shape index (κ3) is 41.2. The fourth-order valence-electron chi connectivity index (χ4n) is 8.94. The van der Waals surface area contributed by atoms with Gasteiger partial charge in [-0.1, -0.05) is 223 Å². The van der Waals surface area contributed by atoms with Crippen molar-refractivity contribution in [3.8, 4) is 0 Å². The molecule has 0 aromatic rings. The van der Waals surface area contributed by atoms with Crippen molar-refractivity contribution in [1.29, 1.82) is 0 Å².